The summed E-state index contributed by atoms with van der Waals surface area (Å²) >= 11 is 0. The molecule has 0 radical (unpaired) electrons. The molecule has 0 aliphatic heterocycles. The molecule has 0 saturated heterocycles. The second kappa shape index (κ2) is 5.05. The van der Waals surface area contributed by atoms with Gasteiger partial charge >= 0.3 is 0 Å². The van der Waals surface area contributed by atoms with Gasteiger partial charge in [0, 0.05) is 25.7 Å². The first-order valence-corrected chi connectivity index (χ1v) is 4.81. The van der Waals surface area contributed by atoms with E-state index in [1.807, 2.05) is 14.1 Å². The molecule has 0 rings (SSSR count). The van der Waals surface area contributed by atoms with E-state index >= 15 is 0 Å². The van der Waals surface area contributed by atoms with Crippen LogP contribution in [-0.2, 0) is 0 Å². The van der Waals surface area contributed by atoms with E-state index in [9.17, 15) is 0 Å². The molecule has 13 heavy (non-hydrogen) atoms. The molecule has 0 saturated carbocycles. The van der Waals surface area contributed by atoms with Crippen LogP contribution < -0.4 is 0 Å². The standard InChI is InChI=1S/C11H22N2/c1-8(2)10(5)13(7)11(12-6)9(3)4/h8-9H,5H2,1-4,6-7H3/b12-11-. The van der Waals surface area contributed by atoms with E-state index in [1.165, 1.54) is 0 Å². The quantitative estimate of drug-likeness (QED) is 0.484. The summed E-state index contributed by atoms with van der Waals surface area (Å²) in [5.41, 5.74) is 1.12. The summed E-state index contributed by atoms with van der Waals surface area (Å²) in [6, 6.07) is 0. The Balaban J connectivity index is 4.57. The van der Waals surface area contributed by atoms with E-state index in [2.05, 4.69) is 44.2 Å². The summed E-state index contributed by atoms with van der Waals surface area (Å²) in [6.07, 6.45) is 0. The minimum atomic E-state index is 0.450. The van der Waals surface area contributed by atoms with E-state index < -0.39 is 0 Å². The van der Waals surface area contributed by atoms with Gasteiger partial charge in [-0.25, -0.2) is 0 Å². The lowest BCUT2D eigenvalue weighted by Gasteiger charge is -2.27. The van der Waals surface area contributed by atoms with Crippen LogP contribution in [0.2, 0.25) is 0 Å². The molecule has 0 unspecified atom stereocenters. The largest absolute Gasteiger partial charge is 0.337 e. The molecule has 0 aromatic carbocycles. The number of amidine groups is 1. The van der Waals surface area contributed by atoms with Gasteiger partial charge in [0.2, 0.25) is 0 Å². The van der Waals surface area contributed by atoms with Gasteiger partial charge < -0.3 is 4.90 Å². The second-order valence-corrected chi connectivity index (χ2v) is 3.94. The Morgan fingerprint density at radius 3 is 1.85 bits per heavy atom. The first-order chi connectivity index (χ1) is 5.91. The van der Waals surface area contributed by atoms with Crippen LogP contribution in [0.15, 0.2) is 17.3 Å². The minimum absolute atomic E-state index is 0.450. The van der Waals surface area contributed by atoms with Crippen LogP contribution in [0.3, 0.4) is 0 Å². The van der Waals surface area contributed by atoms with Crippen molar-refractivity contribution in [2.24, 2.45) is 16.8 Å². The van der Waals surface area contributed by atoms with Crippen LogP contribution in [-0.4, -0.2) is 24.8 Å². The monoisotopic (exact) mass is 182 g/mol. The highest BCUT2D eigenvalue weighted by atomic mass is 15.2. The van der Waals surface area contributed by atoms with Crippen molar-refractivity contribution in [1.29, 1.82) is 0 Å². The van der Waals surface area contributed by atoms with Crippen molar-refractivity contribution in [3.05, 3.63) is 12.3 Å². The highest BCUT2D eigenvalue weighted by molar-refractivity contribution is 5.85. The van der Waals surface area contributed by atoms with Crippen molar-refractivity contribution >= 4 is 5.84 Å². The zero-order chi connectivity index (χ0) is 10.6. The van der Waals surface area contributed by atoms with E-state index in [1.54, 1.807) is 0 Å². The fourth-order valence-electron chi connectivity index (χ4n) is 1.33. The summed E-state index contributed by atoms with van der Waals surface area (Å²) in [6.45, 7) is 12.6. The molecule has 0 fully saturated rings. The molecule has 2 nitrogen and oxygen atoms in total. The Kier molecular flexibility index (Phi) is 4.74. The third-order valence-corrected chi connectivity index (χ3v) is 2.19. The number of aliphatic imine (C=N–C) groups is 1. The summed E-state index contributed by atoms with van der Waals surface area (Å²) in [5, 5.41) is 0. The lowest BCUT2D eigenvalue weighted by atomic mass is 10.1. The van der Waals surface area contributed by atoms with Gasteiger partial charge in [-0.1, -0.05) is 34.3 Å². The predicted molar refractivity (Wildman–Crippen MR) is 59.9 cm³/mol. The molecular formula is C11H22N2. The fraction of sp³-hybridized carbons (Fsp3) is 0.727. The lowest BCUT2D eigenvalue weighted by molar-refractivity contribution is 0.505. The van der Waals surface area contributed by atoms with Gasteiger partial charge in [0.05, 0.1) is 0 Å². The Morgan fingerprint density at radius 1 is 1.15 bits per heavy atom. The van der Waals surface area contributed by atoms with E-state index in [-0.39, 0.29) is 0 Å². The molecule has 0 amide bonds. The zero-order valence-corrected chi connectivity index (χ0v) is 9.76. The van der Waals surface area contributed by atoms with Gasteiger partial charge in [0.15, 0.2) is 0 Å². The second-order valence-electron chi connectivity index (χ2n) is 3.94. The van der Waals surface area contributed by atoms with Gasteiger partial charge in [-0.05, 0) is 5.92 Å². The summed E-state index contributed by atoms with van der Waals surface area (Å²) in [5.74, 6) is 2.02. The van der Waals surface area contributed by atoms with Crippen LogP contribution in [0.4, 0.5) is 0 Å². The smallest absolute Gasteiger partial charge is 0.105 e. The van der Waals surface area contributed by atoms with Crippen LogP contribution in [0.5, 0.6) is 0 Å². The molecule has 0 bridgehead atoms. The number of allylic oxidation sites excluding steroid dienone is 1. The van der Waals surface area contributed by atoms with Crippen molar-refractivity contribution in [1.82, 2.24) is 4.90 Å². The SMILES string of the molecule is C=C(C(C)C)N(C)/C(=N\C)C(C)C. The van der Waals surface area contributed by atoms with Crippen LogP contribution in [0.25, 0.3) is 0 Å². The molecule has 0 aliphatic rings. The summed E-state index contributed by atoms with van der Waals surface area (Å²) < 4.78 is 0. The van der Waals surface area contributed by atoms with Crippen molar-refractivity contribution in [3.63, 3.8) is 0 Å². The van der Waals surface area contributed by atoms with Gasteiger partial charge in [0.1, 0.15) is 5.84 Å². The topological polar surface area (TPSA) is 15.6 Å². The molecule has 0 aromatic rings. The Morgan fingerprint density at radius 2 is 1.62 bits per heavy atom. The molecule has 76 valence electrons. The van der Waals surface area contributed by atoms with E-state index in [0.717, 1.165) is 11.5 Å². The fourth-order valence-corrected chi connectivity index (χ4v) is 1.33. The molecule has 2 heteroatoms. The van der Waals surface area contributed by atoms with E-state index in [0.29, 0.717) is 11.8 Å². The van der Waals surface area contributed by atoms with Crippen molar-refractivity contribution in [2.75, 3.05) is 14.1 Å². The third kappa shape index (κ3) is 3.21. The Hall–Kier alpha value is -0.790. The first kappa shape index (κ1) is 12.2. The number of hydrogen-bond acceptors (Lipinski definition) is 1. The summed E-state index contributed by atoms with van der Waals surface area (Å²) in [4.78, 5) is 6.37. The number of hydrogen-bond donors (Lipinski definition) is 0. The molecule has 0 atom stereocenters. The average molecular weight is 182 g/mol. The molecule has 0 aliphatic carbocycles. The minimum Gasteiger partial charge on any atom is -0.337 e. The maximum absolute atomic E-state index is 4.27. The Labute approximate surface area is 82.4 Å². The molecule has 0 N–H and O–H groups in total. The predicted octanol–water partition coefficient (Wildman–Crippen LogP) is 2.77. The van der Waals surface area contributed by atoms with Crippen molar-refractivity contribution in [3.8, 4) is 0 Å². The maximum Gasteiger partial charge on any atom is 0.105 e. The number of rotatable bonds is 3. The average Bonchev–Trinajstić information content (AvgIpc) is 2.03. The van der Waals surface area contributed by atoms with Crippen molar-refractivity contribution in [2.45, 2.75) is 27.7 Å². The van der Waals surface area contributed by atoms with Crippen LogP contribution >= 0.6 is 0 Å². The molecule has 0 aromatic heterocycles. The Bertz CT molecular complexity index is 202. The molecule has 0 heterocycles. The van der Waals surface area contributed by atoms with Gasteiger partial charge in [-0.2, -0.15) is 0 Å². The van der Waals surface area contributed by atoms with Crippen molar-refractivity contribution < 1.29 is 0 Å². The normalized spacial score (nSPS) is 12.5. The molecule has 0 spiro atoms. The van der Waals surface area contributed by atoms with E-state index in [4.69, 9.17) is 0 Å². The summed E-state index contributed by atoms with van der Waals surface area (Å²) in [7, 11) is 3.87. The van der Waals surface area contributed by atoms with Gasteiger partial charge in [-0.15, -0.1) is 0 Å². The number of nitrogens with zero attached hydrogens (tertiary/aromatic N) is 2. The highest BCUT2D eigenvalue weighted by Gasteiger charge is 2.14. The lowest BCUT2D eigenvalue weighted by Crippen LogP contribution is -2.31. The third-order valence-electron chi connectivity index (χ3n) is 2.19. The van der Waals surface area contributed by atoms with Gasteiger partial charge in [-0.3, -0.25) is 4.99 Å². The zero-order valence-electron chi connectivity index (χ0n) is 9.76. The molecular weight excluding hydrogens is 160 g/mol. The maximum atomic E-state index is 4.27. The van der Waals surface area contributed by atoms with Gasteiger partial charge in [0.25, 0.3) is 0 Å². The highest BCUT2D eigenvalue weighted by Crippen LogP contribution is 2.14. The van der Waals surface area contributed by atoms with Crippen LogP contribution in [0.1, 0.15) is 27.7 Å². The first-order valence-electron chi connectivity index (χ1n) is 4.81. The van der Waals surface area contributed by atoms with Crippen LogP contribution in [0, 0.1) is 11.8 Å².